The molecule has 1 heterocycles. The quantitative estimate of drug-likeness (QED) is 0.461. The van der Waals surface area contributed by atoms with E-state index >= 15 is 0 Å². The monoisotopic (exact) mass is 174 g/mol. The number of amides is 2. The summed E-state index contributed by atoms with van der Waals surface area (Å²) in [5.41, 5.74) is 8.15. The maximum absolute atomic E-state index is 10.8. The van der Waals surface area contributed by atoms with E-state index in [1.807, 2.05) is 0 Å². The van der Waals surface area contributed by atoms with Crippen molar-refractivity contribution in [3.05, 3.63) is 0 Å². The summed E-state index contributed by atoms with van der Waals surface area (Å²) in [6.45, 7) is 0.284. The molecular formula is C6H10N2O4. The van der Waals surface area contributed by atoms with Gasteiger partial charge in [-0.3, -0.25) is 9.59 Å². The summed E-state index contributed by atoms with van der Waals surface area (Å²) in [7, 11) is 0. The molecule has 0 unspecified atom stereocenters. The Hall–Kier alpha value is -1.14. The molecule has 0 radical (unpaired) electrons. The predicted molar refractivity (Wildman–Crippen MR) is 37.9 cm³/mol. The number of hydrogen-bond donors (Lipinski definition) is 2. The molecule has 1 aliphatic rings. The Bertz CT molecular complexity index is 194. The molecule has 1 fully saturated rings. The highest BCUT2D eigenvalue weighted by Gasteiger charge is 2.46. The van der Waals surface area contributed by atoms with E-state index in [0.29, 0.717) is 6.61 Å². The minimum Gasteiger partial charge on any atom is -0.375 e. The molecular weight excluding hydrogens is 164 g/mol. The smallest absolute Gasteiger partial charge is 0.262 e. The molecule has 1 aliphatic heterocycles. The Kier molecular flexibility index (Phi) is 2.30. The van der Waals surface area contributed by atoms with E-state index in [4.69, 9.17) is 20.9 Å². The summed E-state index contributed by atoms with van der Waals surface area (Å²) in [5.74, 6) is -1.82. The molecule has 0 spiro atoms. The summed E-state index contributed by atoms with van der Waals surface area (Å²) in [6.07, 6.45) is 0. The molecule has 1 saturated heterocycles. The highest BCUT2D eigenvalue weighted by atomic mass is 16.6. The fourth-order valence-corrected chi connectivity index (χ4v) is 0.938. The molecule has 0 aromatic rings. The fraction of sp³-hybridized carbons (Fsp3) is 0.667. The zero-order valence-electron chi connectivity index (χ0n) is 6.41. The molecule has 68 valence electrons. The summed E-state index contributed by atoms with van der Waals surface area (Å²) in [5, 5.41) is 0. The number of ether oxygens (including phenoxy) is 2. The fourth-order valence-electron chi connectivity index (χ4n) is 0.938. The van der Waals surface area contributed by atoms with Gasteiger partial charge in [-0.1, -0.05) is 0 Å². The Balaban J connectivity index is 2.84. The molecule has 0 bridgehead atoms. The van der Waals surface area contributed by atoms with E-state index < -0.39 is 17.4 Å². The van der Waals surface area contributed by atoms with Crippen molar-refractivity contribution in [3.8, 4) is 0 Å². The molecule has 0 aromatic heterocycles. The van der Waals surface area contributed by atoms with Gasteiger partial charge in [0.15, 0.2) is 0 Å². The predicted octanol–water partition coefficient (Wildman–Crippen LogP) is -2.26. The Morgan fingerprint density at radius 3 is 2.00 bits per heavy atom. The second-order valence-electron chi connectivity index (χ2n) is 2.46. The first-order valence-corrected chi connectivity index (χ1v) is 3.41. The van der Waals surface area contributed by atoms with Crippen LogP contribution in [0.4, 0.5) is 0 Å². The van der Waals surface area contributed by atoms with Crippen LogP contribution in [0.3, 0.4) is 0 Å². The van der Waals surface area contributed by atoms with Gasteiger partial charge in [0.25, 0.3) is 11.8 Å². The average Bonchev–Trinajstić information content (AvgIpc) is 2.05. The van der Waals surface area contributed by atoms with Crippen LogP contribution in [0.2, 0.25) is 0 Å². The molecule has 2 amide bonds. The average molecular weight is 174 g/mol. The highest BCUT2D eigenvalue weighted by molar-refractivity contribution is 6.07. The maximum Gasteiger partial charge on any atom is 0.262 e. The van der Waals surface area contributed by atoms with Crippen LogP contribution in [0, 0.1) is 0 Å². The van der Waals surface area contributed by atoms with Crippen molar-refractivity contribution in [1.82, 2.24) is 0 Å². The van der Waals surface area contributed by atoms with Gasteiger partial charge in [-0.2, -0.15) is 0 Å². The zero-order chi connectivity index (χ0) is 9.19. The first-order valence-electron chi connectivity index (χ1n) is 3.41. The SMILES string of the molecule is NC(=O)C1(C(N)=O)COCCO1. The number of carbonyl (C=O) groups is 2. The zero-order valence-corrected chi connectivity index (χ0v) is 6.41. The van der Waals surface area contributed by atoms with Crippen molar-refractivity contribution >= 4 is 11.8 Å². The van der Waals surface area contributed by atoms with Crippen molar-refractivity contribution < 1.29 is 19.1 Å². The standard InChI is InChI=1S/C6H10N2O4/c7-4(9)6(5(8)10)3-11-1-2-12-6/h1-3H2,(H2,7,9)(H2,8,10). The van der Waals surface area contributed by atoms with Crippen LogP contribution < -0.4 is 11.5 Å². The van der Waals surface area contributed by atoms with E-state index in [-0.39, 0.29) is 13.2 Å². The number of nitrogens with two attached hydrogens (primary N) is 2. The van der Waals surface area contributed by atoms with Crippen LogP contribution in [0.1, 0.15) is 0 Å². The van der Waals surface area contributed by atoms with Crippen molar-refractivity contribution in [3.63, 3.8) is 0 Å². The van der Waals surface area contributed by atoms with Gasteiger partial charge in [-0.25, -0.2) is 0 Å². The molecule has 0 saturated carbocycles. The lowest BCUT2D eigenvalue weighted by atomic mass is 10.0. The molecule has 0 aliphatic carbocycles. The van der Waals surface area contributed by atoms with Crippen molar-refractivity contribution in [2.24, 2.45) is 11.5 Å². The Labute approximate surface area is 68.8 Å². The van der Waals surface area contributed by atoms with Crippen molar-refractivity contribution in [1.29, 1.82) is 0 Å². The molecule has 6 nitrogen and oxygen atoms in total. The molecule has 4 N–H and O–H groups in total. The van der Waals surface area contributed by atoms with E-state index in [1.54, 1.807) is 0 Å². The second kappa shape index (κ2) is 3.08. The van der Waals surface area contributed by atoms with Gasteiger partial charge in [0.05, 0.1) is 19.8 Å². The van der Waals surface area contributed by atoms with Crippen LogP contribution in [0.15, 0.2) is 0 Å². The number of primary amides is 2. The Morgan fingerprint density at radius 2 is 1.75 bits per heavy atom. The topological polar surface area (TPSA) is 105 Å². The van der Waals surface area contributed by atoms with E-state index in [1.165, 1.54) is 0 Å². The van der Waals surface area contributed by atoms with E-state index in [9.17, 15) is 9.59 Å². The molecule has 0 aromatic carbocycles. The lowest BCUT2D eigenvalue weighted by Gasteiger charge is -2.30. The van der Waals surface area contributed by atoms with Crippen LogP contribution in [0.25, 0.3) is 0 Å². The Morgan fingerprint density at radius 1 is 1.17 bits per heavy atom. The maximum atomic E-state index is 10.8. The van der Waals surface area contributed by atoms with Gasteiger partial charge in [-0.05, 0) is 0 Å². The summed E-state index contributed by atoms with van der Waals surface area (Å²) < 4.78 is 9.80. The molecule has 0 atom stereocenters. The van der Waals surface area contributed by atoms with Crippen LogP contribution >= 0.6 is 0 Å². The second-order valence-corrected chi connectivity index (χ2v) is 2.46. The number of carbonyl (C=O) groups excluding carboxylic acids is 2. The van der Waals surface area contributed by atoms with Gasteiger partial charge >= 0.3 is 0 Å². The first kappa shape index (κ1) is 8.95. The molecule has 12 heavy (non-hydrogen) atoms. The van der Waals surface area contributed by atoms with E-state index in [0.717, 1.165) is 0 Å². The van der Waals surface area contributed by atoms with Crippen LogP contribution in [0.5, 0.6) is 0 Å². The van der Waals surface area contributed by atoms with Crippen LogP contribution in [-0.4, -0.2) is 37.2 Å². The first-order chi connectivity index (χ1) is 5.59. The summed E-state index contributed by atoms with van der Waals surface area (Å²) >= 11 is 0. The van der Waals surface area contributed by atoms with Gasteiger partial charge in [0.2, 0.25) is 5.60 Å². The van der Waals surface area contributed by atoms with Crippen LogP contribution in [-0.2, 0) is 19.1 Å². The lowest BCUT2D eigenvalue weighted by molar-refractivity contribution is -0.181. The summed E-state index contributed by atoms with van der Waals surface area (Å²) in [4.78, 5) is 21.7. The third kappa shape index (κ3) is 1.26. The molecule has 1 rings (SSSR count). The van der Waals surface area contributed by atoms with Crippen molar-refractivity contribution in [2.45, 2.75) is 5.60 Å². The van der Waals surface area contributed by atoms with Gasteiger partial charge in [0, 0.05) is 0 Å². The number of hydrogen-bond acceptors (Lipinski definition) is 4. The molecule has 6 heteroatoms. The number of rotatable bonds is 2. The third-order valence-electron chi connectivity index (χ3n) is 1.68. The third-order valence-corrected chi connectivity index (χ3v) is 1.68. The minimum absolute atomic E-state index is 0.145. The lowest BCUT2D eigenvalue weighted by Crippen LogP contribution is -2.61. The highest BCUT2D eigenvalue weighted by Crippen LogP contribution is 2.14. The van der Waals surface area contributed by atoms with Gasteiger partial charge in [-0.15, -0.1) is 0 Å². The largest absolute Gasteiger partial charge is 0.375 e. The normalized spacial score (nSPS) is 21.7. The summed E-state index contributed by atoms with van der Waals surface area (Å²) in [6, 6.07) is 0. The van der Waals surface area contributed by atoms with E-state index in [2.05, 4.69) is 0 Å². The van der Waals surface area contributed by atoms with Gasteiger partial charge < -0.3 is 20.9 Å². The van der Waals surface area contributed by atoms with Crippen molar-refractivity contribution in [2.75, 3.05) is 19.8 Å². The van der Waals surface area contributed by atoms with Gasteiger partial charge in [0.1, 0.15) is 0 Å². The minimum atomic E-state index is -1.77.